The van der Waals surface area contributed by atoms with Crippen molar-refractivity contribution in [2.75, 3.05) is 13.7 Å². The fourth-order valence-corrected chi connectivity index (χ4v) is 3.69. The van der Waals surface area contributed by atoms with E-state index in [0.717, 1.165) is 27.4 Å². The minimum atomic E-state index is -0.331. The number of hydrogen-bond donors (Lipinski definition) is 3. The van der Waals surface area contributed by atoms with Gasteiger partial charge in [0.25, 0.3) is 5.91 Å². The van der Waals surface area contributed by atoms with E-state index in [0.29, 0.717) is 16.8 Å². The monoisotopic (exact) mass is 403 g/mol. The predicted molar refractivity (Wildman–Crippen MR) is 119 cm³/mol. The van der Waals surface area contributed by atoms with E-state index in [1.165, 1.54) is 0 Å². The number of hydrogen-bond acceptors (Lipinski definition) is 4. The molecule has 3 aromatic carbocycles. The lowest BCUT2D eigenvalue weighted by Gasteiger charge is -2.20. The Labute approximate surface area is 174 Å². The number of H-pyrrole nitrogens is 1. The van der Waals surface area contributed by atoms with E-state index in [-0.39, 0.29) is 24.5 Å². The highest BCUT2D eigenvalue weighted by atomic mass is 16.5. The summed E-state index contributed by atoms with van der Waals surface area (Å²) in [5.74, 6) is 0.283. The first kappa shape index (κ1) is 19.9. The lowest BCUT2D eigenvalue weighted by Crippen LogP contribution is -2.41. The second-order valence-electron chi connectivity index (χ2n) is 7.71. The van der Waals surface area contributed by atoms with E-state index >= 15 is 0 Å². The number of methoxy groups -OCH3 is 1. The molecule has 6 nitrogen and oxygen atoms in total. The van der Waals surface area contributed by atoms with E-state index in [4.69, 9.17) is 4.74 Å². The molecule has 0 fully saturated rings. The topological polar surface area (TPSA) is 87.2 Å². The fourth-order valence-electron chi connectivity index (χ4n) is 3.69. The van der Waals surface area contributed by atoms with E-state index in [9.17, 15) is 9.90 Å². The molecule has 0 bridgehead atoms. The second kappa shape index (κ2) is 8.16. The molecule has 4 rings (SSSR count). The molecule has 30 heavy (non-hydrogen) atoms. The number of carbonyl (C=O) groups excluding carboxylic acids is 1. The van der Waals surface area contributed by atoms with Crippen molar-refractivity contribution in [1.82, 2.24) is 15.5 Å². The summed E-state index contributed by atoms with van der Waals surface area (Å²) in [5.41, 5.74) is 2.88. The summed E-state index contributed by atoms with van der Waals surface area (Å²) in [4.78, 5) is 13.0. The number of carbonyl (C=O) groups is 1. The Kier molecular flexibility index (Phi) is 5.42. The second-order valence-corrected chi connectivity index (χ2v) is 7.71. The van der Waals surface area contributed by atoms with Gasteiger partial charge >= 0.3 is 0 Å². The third kappa shape index (κ3) is 3.50. The maximum Gasteiger partial charge on any atom is 0.255 e. The quantitative estimate of drug-likeness (QED) is 0.452. The van der Waals surface area contributed by atoms with Gasteiger partial charge in [-0.3, -0.25) is 9.89 Å². The minimum Gasteiger partial charge on any atom is -0.495 e. The maximum atomic E-state index is 13.0. The number of nitrogens with zero attached hydrogens (tertiary/aromatic N) is 1. The van der Waals surface area contributed by atoms with Crippen molar-refractivity contribution in [3.05, 3.63) is 60.2 Å². The molecule has 4 aromatic rings. The zero-order valence-corrected chi connectivity index (χ0v) is 17.3. The Bertz CT molecular complexity index is 1210. The van der Waals surface area contributed by atoms with Gasteiger partial charge in [-0.15, -0.1) is 0 Å². The lowest BCUT2D eigenvalue weighted by atomic mass is 10.0. The van der Waals surface area contributed by atoms with Crippen LogP contribution in [0.25, 0.3) is 32.9 Å². The zero-order chi connectivity index (χ0) is 21.3. The number of nitrogens with one attached hydrogen (secondary N) is 2. The normalized spacial score (nSPS) is 12.4. The number of amides is 1. The Morgan fingerprint density at radius 1 is 1.13 bits per heavy atom. The number of benzene rings is 3. The van der Waals surface area contributed by atoms with Gasteiger partial charge in [0.15, 0.2) is 0 Å². The summed E-state index contributed by atoms with van der Waals surface area (Å²) in [5, 5.41) is 23.0. The molecule has 6 heteroatoms. The fraction of sp³-hybridized carbons (Fsp3) is 0.250. The number of aliphatic hydroxyl groups excluding tert-OH is 1. The number of aromatic nitrogens is 2. The first-order chi connectivity index (χ1) is 14.5. The molecule has 154 valence electrons. The largest absolute Gasteiger partial charge is 0.495 e. The molecule has 3 N–H and O–H groups in total. The van der Waals surface area contributed by atoms with E-state index < -0.39 is 0 Å². The van der Waals surface area contributed by atoms with Crippen molar-refractivity contribution in [2.45, 2.75) is 19.9 Å². The maximum absolute atomic E-state index is 13.0. The average molecular weight is 403 g/mol. The van der Waals surface area contributed by atoms with Crippen LogP contribution in [0.2, 0.25) is 0 Å². The number of fused-ring (bicyclic) bond motifs is 2. The highest BCUT2D eigenvalue weighted by Crippen LogP contribution is 2.37. The first-order valence-corrected chi connectivity index (χ1v) is 9.99. The van der Waals surface area contributed by atoms with Crippen molar-refractivity contribution < 1.29 is 14.6 Å². The van der Waals surface area contributed by atoms with Gasteiger partial charge < -0.3 is 15.2 Å². The van der Waals surface area contributed by atoms with Crippen LogP contribution in [-0.2, 0) is 0 Å². The number of aliphatic hydroxyl groups is 1. The number of aromatic amines is 1. The standard InChI is InChI=1S/C24H25N3O3/c1-14(2)20(13-28)25-24(29)18-10-11-19-21(23(18)30-3)22(27-26-19)17-9-8-15-6-4-5-7-16(15)12-17/h4-12,14,20,28H,13H2,1-3H3,(H,25,29)(H,26,27)/t20-/m1/s1. The van der Waals surface area contributed by atoms with Crippen molar-refractivity contribution in [2.24, 2.45) is 5.92 Å². The summed E-state index contributed by atoms with van der Waals surface area (Å²) in [6.07, 6.45) is 0. The molecule has 1 heterocycles. The summed E-state index contributed by atoms with van der Waals surface area (Å²) in [7, 11) is 1.55. The van der Waals surface area contributed by atoms with Gasteiger partial charge in [-0.25, -0.2) is 0 Å². The van der Waals surface area contributed by atoms with Crippen molar-refractivity contribution in [3.8, 4) is 17.0 Å². The smallest absolute Gasteiger partial charge is 0.255 e. The van der Waals surface area contributed by atoms with Crippen LogP contribution in [0, 0.1) is 5.92 Å². The molecule has 0 aliphatic rings. The molecular formula is C24H25N3O3. The van der Waals surface area contributed by atoms with Crippen LogP contribution in [0.1, 0.15) is 24.2 Å². The Morgan fingerprint density at radius 3 is 2.60 bits per heavy atom. The van der Waals surface area contributed by atoms with Gasteiger partial charge in [0, 0.05) is 5.56 Å². The van der Waals surface area contributed by atoms with E-state index in [1.54, 1.807) is 19.2 Å². The third-order valence-corrected chi connectivity index (χ3v) is 5.48. The number of rotatable bonds is 6. The van der Waals surface area contributed by atoms with Crippen molar-refractivity contribution in [1.29, 1.82) is 0 Å². The molecule has 1 aromatic heterocycles. The average Bonchev–Trinajstić information content (AvgIpc) is 3.20. The SMILES string of the molecule is COc1c(C(=O)N[C@H](CO)C(C)C)ccc2n[nH]c(-c3ccc4ccccc4c3)c12. The van der Waals surface area contributed by atoms with Crippen LogP contribution >= 0.6 is 0 Å². The van der Waals surface area contributed by atoms with Gasteiger partial charge in [-0.2, -0.15) is 5.10 Å². The Balaban J connectivity index is 1.82. The van der Waals surface area contributed by atoms with Crippen molar-refractivity contribution in [3.63, 3.8) is 0 Å². The van der Waals surface area contributed by atoms with Crippen LogP contribution in [0.5, 0.6) is 5.75 Å². The summed E-state index contributed by atoms with van der Waals surface area (Å²) in [6, 6.07) is 17.5. The van der Waals surface area contributed by atoms with Crippen LogP contribution in [0.4, 0.5) is 0 Å². The predicted octanol–water partition coefficient (Wildman–Crippen LogP) is 4.14. The van der Waals surface area contributed by atoms with Crippen LogP contribution < -0.4 is 10.1 Å². The molecule has 0 spiro atoms. The Morgan fingerprint density at radius 2 is 1.90 bits per heavy atom. The molecule has 0 saturated heterocycles. The molecule has 1 amide bonds. The lowest BCUT2D eigenvalue weighted by molar-refractivity contribution is 0.0894. The van der Waals surface area contributed by atoms with Gasteiger partial charge in [0.1, 0.15) is 5.75 Å². The molecule has 0 unspecified atom stereocenters. The highest BCUT2D eigenvalue weighted by molar-refractivity contribution is 6.07. The zero-order valence-electron chi connectivity index (χ0n) is 17.3. The number of ether oxygens (including phenoxy) is 1. The van der Waals surface area contributed by atoms with E-state index in [2.05, 4.69) is 39.8 Å². The molecular weight excluding hydrogens is 378 g/mol. The minimum absolute atomic E-state index is 0.107. The van der Waals surface area contributed by atoms with Crippen LogP contribution in [0.15, 0.2) is 54.6 Å². The van der Waals surface area contributed by atoms with Crippen LogP contribution in [-0.4, -0.2) is 41.0 Å². The summed E-state index contributed by atoms with van der Waals surface area (Å²) >= 11 is 0. The Hall–Kier alpha value is -3.38. The molecule has 1 atom stereocenters. The highest BCUT2D eigenvalue weighted by Gasteiger charge is 2.23. The van der Waals surface area contributed by atoms with Crippen LogP contribution in [0.3, 0.4) is 0 Å². The summed E-state index contributed by atoms with van der Waals surface area (Å²) < 4.78 is 5.68. The molecule has 0 saturated carbocycles. The third-order valence-electron chi connectivity index (χ3n) is 5.48. The van der Waals surface area contributed by atoms with Gasteiger partial charge in [-0.05, 0) is 34.9 Å². The van der Waals surface area contributed by atoms with Crippen molar-refractivity contribution >= 4 is 27.6 Å². The van der Waals surface area contributed by atoms with Gasteiger partial charge in [0.05, 0.1) is 41.9 Å². The van der Waals surface area contributed by atoms with Gasteiger partial charge in [0.2, 0.25) is 0 Å². The molecule has 0 radical (unpaired) electrons. The van der Waals surface area contributed by atoms with E-state index in [1.807, 2.05) is 32.0 Å². The first-order valence-electron chi connectivity index (χ1n) is 9.99. The van der Waals surface area contributed by atoms with Gasteiger partial charge in [-0.1, -0.05) is 50.2 Å². The molecule has 0 aliphatic heterocycles. The molecule has 0 aliphatic carbocycles. The summed E-state index contributed by atoms with van der Waals surface area (Å²) in [6.45, 7) is 3.78.